The lowest BCUT2D eigenvalue weighted by Gasteiger charge is -2.14. The zero-order valence-corrected chi connectivity index (χ0v) is 21.8. The van der Waals surface area contributed by atoms with Gasteiger partial charge in [0.1, 0.15) is 5.75 Å². The van der Waals surface area contributed by atoms with Crippen LogP contribution in [0.15, 0.2) is 46.9 Å². The Hall–Kier alpha value is -2.45. The molecule has 0 aliphatic heterocycles. The molecule has 0 aromatic heterocycles. The van der Waals surface area contributed by atoms with E-state index in [2.05, 4.69) is 38.8 Å². The van der Waals surface area contributed by atoms with Gasteiger partial charge in [0.25, 0.3) is 11.8 Å². The summed E-state index contributed by atoms with van der Waals surface area (Å²) in [6.07, 6.45) is 5.20. The van der Waals surface area contributed by atoms with Crippen molar-refractivity contribution < 1.29 is 14.3 Å². The van der Waals surface area contributed by atoms with E-state index in [1.165, 1.54) is 0 Å². The van der Waals surface area contributed by atoms with E-state index >= 15 is 0 Å². The number of hydrogen-bond acceptors (Lipinski definition) is 4. The number of halogens is 1. The molecule has 2 amide bonds. The summed E-state index contributed by atoms with van der Waals surface area (Å²) in [5, 5.41) is 8.73. The summed E-state index contributed by atoms with van der Waals surface area (Å²) in [7, 11) is 0. The molecule has 0 saturated carbocycles. The van der Waals surface area contributed by atoms with Gasteiger partial charge in [0.15, 0.2) is 5.11 Å². The Morgan fingerprint density at radius 1 is 1.06 bits per heavy atom. The van der Waals surface area contributed by atoms with E-state index in [4.69, 9.17) is 17.0 Å². The predicted octanol–water partition coefficient (Wildman–Crippen LogP) is 6.06. The third kappa shape index (κ3) is 9.14. The zero-order valence-electron chi connectivity index (χ0n) is 19.4. The van der Waals surface area contributed by atoms with Gasteiger partial charge in [-0.3, -0.25) is 14.9 Å². The molecule has 0 saturated heterocycles. The van der Waals surface area contributed by atoms with Crippen LogP contribution in [0.25, 0.3) is 0 Å². The van der Waals surface area contributed by atoms with Crippen LogP contribution < -0.4 is 20.7 Å². The van der Waals surface area contributed by atoms with Gasteiger partial charge in [0.2, 0.25) is 0 Å². The van der Waals surface area contributed by atoms with E-state index in [-0.39, 0.29) is 23.0 Å². The summed E-state index contributed by atoms with van der Waals surface area (Å²) in [6.45, 7) is 6.68. The lowest BCUT2D eigenvalue weighted by Crippen LogP contribution is -2.34. The third-order valence-corrected chi connectivity index (χ3v) is 5.74. The number of benzene rings is 2. The molecule has 0 bridgehead atoms. The summed E-state index contributed by atoms with van der Waals surface area (Å²) >= 11 is 8.73. The summed E-state index contributed by atoms with van der Waals surface area (Å²) in [6, 6.07) is 12.4. The molecule has 0 fully saturated rings. The van der Waals surface area contributed by atoms with Crippen LogP contribution in [0, 0.1) is 0 Å². The molecular formula is C25H32BrN3O3S. The van der Waals surface area contributed by atoms with Gasteiger partial charge >= 0.3 is 0 Å². The molecule has 0 aliphatic carbocycles. The van der Waals surface area contributed by atoms with Gasteiger partial charge < -0.3 is 15.4 Å². The number of carbonyl (C=O) groups is 2. The number of anilines is 1. The van der Waals surface area contributed by atoms with Crippen molar-refractivity contribution in [1.29, 1.82) is 0 Å². The van der Waals surface area contributed by atoms with Crippen LogP contribution in [-0.4, -0.2) is 29.6 Å². The van der Waals surface area contributed by atoms with E-state index in [0.717, 1.165) is 36.6 Å². The topological polar surface area (TPSA) is 79.5 Å². The third-order valence-electron chi connectivity index (χ3n) is 5.04. The minimum absolute atomic E-state index is 0.0859. The van der Waals surface area contributed by atoms with Crippen molar-refractivity contribution in [2.75, 3.05) is 11.9 Å². The van der Waals surface area contributed by atoms with Gasteiger partial charge in [-0.15, -0.1) is 0 Å². The molecule has 2 rings (SSSR count). The van der Waals surface area contributed by atoms with Crippen LogP contribution >= 0.6 is 28.1 Å². The highest BCUT2D eigenvalue weighted by molar-refractivity contribution is 9.10. The lowest BCUT2D eigenvalue weighted by molar-refractivity contribution is 0.0937. The second kappa shape index (κ2) is 14.0. The SMILES string of the molecule is CCCCCCOc1ccc(Br)cc1C(=O)NC(=S)Nc1cccc(C(=O)NC(C)CC)c1. The second-order valence-corrected chi connectivity index (χ2v) is 9.15. The van der Waals surface area contributed by atoms with E-state index < -0.39 is 0 Å². The largest absolute Gasteiger partial charge is 0.493 e. The Kier molecular flexibility index (Phi) is 11.3. The van der Waals surface area contributed by atoms with Crippen LogP contribution in [0.4, 0.5) is 5.69 Å². The van der Waals surface area contributed by atoms with Gasteiger partial charge in [0, 0.05) is 21.8 Å². The van der Waals surface area contributed by atoms with Crippen LogP contribution in [0.5, 0.6) is 5.75 Å². The summed E-state index contributed by atoms with van der Waals surface area (Å²) < 4.78 is 6.62. The van der Waals surface area contributed by atoms with Crippen molar-refractivity contribution in [3.63, 3.8) is 0 Å². The summed E-state index contributed by atoms with van der Waals surface area (Å²) in [5.74, 6) is -0.0143. The number of thiocarbonyl (C=S) groups is 1. The Bertz CT molecular complexity index is 968. The van der Waals surface area contributed by atoms with Crippen LogP contribution in [0.3, 0.4) is 0 Å². The number of unbranched alkanes of at least 4 members (excludes halogenated alkanes) is 3. The molecule has 2 aromatic rings. The molecule has 1 atom stereocenters. The van der Waals surface area contributed by atoms with Crippen molar-refractivity contribution in [3.8, 4) is 5.75 Å². The highest BCUT2D eigenvalue weighted by Crippen LogP contribution is 2.24. The smallest absolute Gasteiger partial charge is 0.261 e. The van der Waals surface area contributed by atoms with Crippen LogP contribution in [0.1, 0.15) is 73.6 Å². The number of carbonyl (C=O) groups excluding carboxylic acids is 2. The molecule has 3 N–H and O–H groups in total. The molecule has 6 nitrogen and oxygen atoms in total. The first-order valence-corrected chi connectivity index (χ1v) is 12.5. The molecule has 0 spiro atoms. The van der Waals surface area contributed by atoms with Crippen LogP contribution in [0.2, 0.25) is 0 Å². The van der Waals surface area contributed by atoms with E-state index in [1.807, 2.05) is 19.9 Å². The maximum absolute atomic E-state index is 12.9. The van der Waals surface area contributed by atoms with Crippen LogP contribution in [-0.2, 0) is 0 Å². The fourth-order valence-corrected chi connectivity index (χ4v) is 3.57. The molecule has 33 heavy (non-hydrogen) atoms. The molecule has 0 aliphatic rings. The second-order valence-electron chi connectivity index (χ2n) is 7.82. The van der Waals surface area contributed by atoms with Crippen molar-refractivity contribution in [3.05, 3.63) is 58.1 Å². The first-order valence-electron chi connectivity index (χ1n) is 11.3. The van der Waals surface area contributed by atoms with Gasteiger partial charge in [-0.2, -0.15) is 0 Å². The molecule has 178 valence electrons. The highest BCUT2D eigenvalue weighted by atomic mass is 79.9. The van der Waals surface area contributed by atoms with Gasteiger partial charge in [0.05, 0.1) is 12.2 Å². The highest BCUT2D eigenvalue weighted by Gasteiger charge is 2.16. The standard InChI is InChI=1S/C25H32BrN3O3S/c1-4-6-7-8-14-32-22-13-12-19(26)16-21(22)24(31)29-25(33)28-20-11-9-10-18(15-20)23(30)27-17(3)5-2/h9-13,15-17H,4-8,14H2,1-3H3,(H,27,30)(H2,28,29,31,33). The lowest BCUT2D eigenvalue weighted by atomic mass is 10.1. The Balaban J connectivity index is 2.00. The molecule has 0 heterocycles. The summed E-state index contributed by atoms with van der Waals surface area (Å²) in [4.78, 5) is 25.2. The average molecular weight is 535 g/mol. The zero-order chi connectivity index (χ0) is 24.2. The number of amides is 2. The van der Waals surface area contributed by atoms with E-state index in [1.54, 1.807) is 36.4 Å². The number of nitrogens with one attached hydrogen (secondary N) is 3. The Labute approximate surface area is 210 Å². The molecular weight excluding hydrogens is 502 g/mol. The van der Waals surface area contributed by atoms with Crippen molar-refractivity contribution in [1.82, 2.24) is 10.6 Å². The summed E-state index contributed by atoms with van der Waals surface area (Å²) in [5.41, 5.74) is 1.52. The number of rotatable bonds is 11. The van der Waals surface area contributed by atoms with Crippen molar-refractivity contribution >= 4 is 50.8 Å². The van der Waals surface area contributed by atoms with Gasteiger partial charge in [-0.25, -0.2) is 0 Å². The number of hydrogen-bond donors (Lipinski definition) is 3. The fraction of sp³-hybridized carbons (Fsp3) is 0.400. The normalized spacial score (nSPS) is 11.4. The quantitative estimate of drug-likeness (QED) is 0.241. The minimum atomic E-state index is -0.372. The molecule has 1 unspecified atom stereocenters. The maximum atomic E-state index is 12.9. The molecule has 2 aromatic carbocycles. The van der Waals surface area contributed by atoms with Crippen molar-refractivity contribution in [2.24, 2.45) is 0 Å². The Morgan fingerprint density at radius 2 is 1.85 bits per heavy atom. The van der Waals surface area contributed by atoms with E-state index in [0.29, 0.717) is 29.2 Å². The average Bonchev–Trinajstić information content (AvgIpc) is 2.79. The van der Waals surface area contributed by atoms with Crippen molar-refractivity contribution in [2.45, 2.75) is 58.9 Å². The number of ether oxygens (including phenoxy) is 1. The maximum Gasteiger partial charge on any atom is 0.261 e. The van der Waals surface area contributed by atoms with Gasteiger partial charge in [-0.1, -0.05) is 55.1 Å². The Morgan fingerprint density at radius 3 is 2.58 bits per heavy atom. The first-order chi connectivity index (χ1) is 15.8. The fourth-order valence-electron chi connectivity index (χ4n) is 3.00. The van der Waals surface area contributed by atoms with Gasteiger partial charge in [-0.05, 0) is 68.4 Å². The first kappa shape index (κ1) is 26.8. The molecule has 8 heteroatoms. The monoisotopic (exact) mass is 533 g/mol. The molecule has 0 radical (unpaired) electrons. The minimum Gasteiger partial charge on any atom is -0.493 e. The van der Waals surface area contributed by atoms with E-state index in [9.17, 15) is 9.59 Å². The predicted molar refractivity (Wildman–Crippen MR) is 141 cm³/mol.